The van der Waals surface area contributed by atoms with Crippen LogP contribution in [0.3, 0.4) is 0 Å². The Morgan fingerprint density at radius 1 is 1.30 bits per heavy atom. The zero-order chi connectivity index (χ0) is 13.9. The summed E-state index contributed by atoms with van der Waals surface area (Å²) in [4.78, 5) is 16.0. The molecule has 5 nitrogen and oxygen atoms in total. The van der Waals surface area contributed by atoms with Gasteiger partial charge in [0.1, 0.15) is 5.69 Å². The van der Waals surface area contributed by atoms with Crippen LogP contribution >= 0.6 is 11.3 Å². The fourth-order valence-electron chi connectivity index (χ4n) is 1.76. The largest absolute Gasteiger partial charge is 0.297 e. The molecule has 1 aromatic carbocycles. The van der Waals surface area contributed by atoms with E-state index in [-0.39, 0.29) is 5.91 Å². The maximum atomic E-state index is 12.0. The molecule has 6 heteroatoms. The Bertz CT molecular complexity index is 716. The molecule has 0 unspecified atom stereocenters. The summed E-state index contributed by atoms with van der Waals surface area (Å²) in [7, 11) is 0. The number of rotatable bonds is 3. The minimum absolute atomic E-state index is 0.245. The highest BCUT2D eigenvalue weighted by atomic mass is 32.1. The van der Waals surface area contributed by atoms with E-state index >= 15 is 0 Å². The average molecular weight is 284 g/mol. The van der Waals surface area contributed by atoms with Crippen LogP contribution in [-0.4, -0.2) is 21.1 Å². The predicted molar refractivity (Wildman–Crippen MR) is 78.8 cm³/mol. The highest BCUT2D eigenvalue weighted by Gasteiger charge is 2.12. The molecule has 20 heavy (non-hydrogen) atoms. The van der Waals surface area contributed by atoms with E-state index in [1.807, 2.05) is 31.2 Å². The number of amides is 1. The zero-order valence-corrected chi connectivity index (χ0v) is 11.6. The Morgan fingerprint density at radius 2 is 2.10 bits per heavy atom. The lowest BCUT2D eigenvalue weighted by Crippen LogP contribution is -2.11. The molecule has 0 radical (unpaired) electrons. The molecule has 0 saturated heterocycles. The molecule has 0 fully saturated rings. The van der Waals surface area contributed by atoms with Gasteiger partial charge in [0, 0.05) is 17.1 Å². The summed E-state index contributed by atoms with van der Waals surface area (Å²) in [6, 6.07) is 9.72. The standard InChI is InChI=1S/C14H12N4OS/c1-9-2-4-10(5-3-9)11-8-12(18-17-11)13(19)16-14-15-6-7-20-14/h2-8H,1H3,(H,17,18)(H,15,16,19). The van der Waals surface area contributed by atoms with Gasteiger partial charge in [-0.05, 0) is 13.0 Å². The quantitative estimate of drug-likeness (QED) is 0.776. The van der Waals surface area contributed by atoms with Crippen molar-refractivity contribution in [2.75, 3.05) is 5.32 Å². The topological polar surface area (TPSA) is 70.7 Å². The van der Waals surface area contributed by atoms with Gasteiger partial charge in [0.05, 0.1) is 5.69 Å². The fourth-order valence-corrected chi connectivity index (χ4v) is 2.28. The van der Waals surface area contributed by atoms with Gasteiger partial charge in [-0.25, -0.2) is 4.98 Å². The molecule has 3 aromatic rings. The monoisotopic (exact) mass is 284 g/mol. The minimum atomic E-state index is -0.245. The van der Waals surface area contributed by atoms with Gasteiger partial charge in [0.15, 0.2) is 5.13 Å². The van der Waals surface area contributed by atoms with Gasteiger partial charge in [-0.2, -0.15) is 5.10 Å². The predicted octanol–water partition coefficient (Wildman–Crippen LogP) is 3.09. The van der Waals surface area contributed by atoms with Gasteiger partial charge >= 0.3 is 0 Å². The van der Waals surface area contributed by atoms with Crippen LogP contribution in [0.1, 0.15) is 16.1 Å². The van der Waals surface area contributed by atoms with Crippen molar-refractivity contribution in [3.05, 3.63) is 53.2 Å². The molecule has 0 atom stereocenters. The first-order chi connectivity index (χ1) is 9.72. The van der Waals surface area contributed by atoms with Crippen molar-refractivity contribution in [2.24, 2.45) is 0 Å². The summed E-state index contributed by atoms with van der Waals surface area (Å²) in [5.74, 6) is -0.245. The molecule has 3 rings (SSSR count). The van der Waals surface area contributed by atoms with E-state index in [9.17, 15) is 4.79 Å². The van der Waals surface area contributed by atoms with Crippen LogP contribution in [0.4, 0.5) is 5.13 Å². The van der Waals surface area contributed by atoms with Crippen molar-refractivity contribution in [3.8, 4) is 11.3 Å². The maximum absolute atomic E-state index is 12.0. The van der Waals surface area contributed by atoms with E-state index in [0.717, 1.165) is 11.3 Å². The number of thiazole rings is 1. The molecule has 2 aromatic heterocycles. The number of benzene rings is 1. The first-order valence-corrected chi connectivity index (χ1v) is 6.93. The second kappa shape index (κ2) is 5.26. The number of H-pyrrole nitrogens is 1. The lowest BCUT2D eigenvalue weighted by molar-refractivity contribution is 0.102. The highest BCUT2D eigenvalue weighted by Crippen LogP contribution is 2.19. The lowest BCUT2D eigenvalue weighted by Gasteiger charge is -1.97. The number of nitrogens with zero attached hydrogens (tertiary/aromatic N) is 2. The second-order valence-corrected chi connectivity index (χ2v) is 5.22. The molecule has 0 spiro atoms. The van der Waals surface area contributed by atoms with Crippen LogP contribution < -0.4 is 5.32 Å². The van der Waals surface area contributed by atoms with Crippen molar-refractivity contribution in [3.63, 3.8) is 0 Å². The van der Waals surface area contributed by atoms with Crippen LogP contribution in [0.15, 0.2) is 41.9 Å². The lowest BCUT2D eigenvalue weighted by atomic mass is 10.1. The first-order valence-electron chi connectivity index (χ1n) is 6.06. The van der Waals surface area contributed by atoms with Crippen molar-refractivity contribution in [1.82, 2.24) is 15.2 Å². The summed E-state index contributed by atoms with van der Waals surface area (Å²) in [6.45, 7) is 2.03. The number of anilines is 1. The molecule has 0 aliphatic rings. The van der Waals surface area contributed by atoms with Gasteiger partial charge in [0.25, 0.3) is 5.91 Å². The van der Waals surface area contributed by atoms with E-state index in [2.05, 4.69) is 20.5 Å². The minimum Gasteiger partial charge on any atom is -0.297 e. The van der Waals surface area contributed by atoms with Crippen molar-refractivity contribution in [2.45, 2.75) is 6.92 Å². The number of hydrogen-bond donors (Lipinski definition) is 2. The molecule has 2 N–H and O–H groups in total. The van der Waals surface area contributed by atoms with Gasteiger partial charge in [0.2, 0.25) is 0 Å². The summed E-state index contributed by atoms with van der Waals surface area (Å²) in [5, 5.41) is 12.0. The Hall–Kier alpha value is -2.47. The summed E-state index contributed by atoms with van der Waals surface area (Å²) >= 11 is 1.37. The molecule has 0 bridgehead atoms. The molecule has 1 amide bonds. The third-order valence-corrected chi connectivity index (χ3v) is 3.51. The third kappa shape index (κ3) is 2.60. The smallest absolute Gasteiger partial charge is 0.275 e. The SMILES string of the molecule is Cc1ccc(-c2cc(C(=O)Nc3nccs3)[nH]n2)cc1. The van der Waals surface area contributed by atoms with Crippen LogP contribution in [0, 0.1) is 6.92 Å². The summed E-state index contributed by atoms with van der Waals surface area (Å²) in [5.41, 5.74) is 3.32. The van der Waals surface area contributed by atoms with Gasteiger partial charge in [-0.15, -0.1) is 11.3 Å². The second-order valence-electron chi connectivity index (χ2n) is 4.32. The molecule has 2 heterocycles. The van der Waals surface area contributed by atoms with Crippen LogP contribution in [0.2, 0.25) is 0 Å². The molecular formula is C14H12N4OS. The number of carbonyl (C=O) groups is 1. The number of hydrogen-bond acceptors (Lipinski definition) is 4. The van der Waals surface area contributed by atoms with E-state index in [4.69, 9.17) is 0 Å². The van der Waals surface area contributed by atoms with Gasteiger partial charge in [-0.1, -0.05) is 29.8 Å². The molecule has 0 saturated carbocycles. The van der Waals surface area contributed by atoms with E-state index < -0.39 is 0 Å². The Labute approximate surface area is 119 Å². The number of aromatic amines is 1. The van der Waals surface area contributed by atoms with Crippen LogP contribution in [-0.2, 0) is 0 Å². The van der Waals surface area contributed by atoms with Crippen molar-refractivity contribution >= 4 is 22.4 Å². The molecular weight excluding hydrogens is 272 g/mol. The van der Waals surface area contributed by atoms with Crippen LogP contribution in [0.25, 0.3) is 11.3 Å². The maximum Gasteiger partial charge on any atom is 0.275 e. The Kier molecular flexibility index (Phi) is 3.30. The number of nitrogens with one attached hydrogen (secondary N) is 2. The fraction of sp³-hybridized carbons (Fsp3) is 0.0714. The average Bonchev–Trinajstić information content (AvgIpc) is 3.10. The summed E-state index contributed by atoms with van der Waals surface area (Å²) in [6.07, 6.45) is 1.64. The van der Waals surface area contributed by atoms with Crippen LogP contribution in [0.5, 0.6) is 0 Å². The van der Waals surface area contributed by atoms with E-state index in [1.165, 1.54) is 16.9 Å². The van der Waals surface area contributed by atoms with Gasteiger partial charge < -0.3 is 0 Å². The number of carbonyl (C=O) groups excluding carboxylic acids is 1. The van der Waals surface area contributed by atoms with E-state index in [0.29, 0.717) is 10.8 Å². The summed E-state index contributed by atoms with van der Waals surface area (Å²) < 4.78 is 0. The number of aromatic nitrogens is 3. The Morgan fingerprint density at radius 3 is 2.80 bits per heavy atom. The molecule has 100 valence electrons. The third-order valence-electron chi connectivity index (χ3n) is 2.82. The first kappa shape index (κ1) is 12.6. The molecule has 0 aliphatic carbocycles. The Balaban J connectivity index is 1.79. The van der Waals surface area contributed by atoms with Gasteiger partial charge in [-0.3, -0.25) is 15.2 Å². The molecule has 0 aliphatic heterocycles. The number of aryl methyl sites for hydroxylation is 1. The highest BCUT2D eigenvalue weighted by molar-refractivity contribution is 7.13. The zero-order valence-electron chi connectivity index (χ0n) is 10.8. The van der Waals surface area contributed by atoms with E-state index in [1.54, 1.807) is 17.6 Å². The normalized spacial score (nSPS) is 10.4. The van der Waals surface area contributed by atoms with Crippen molar-refractivity contribution in [1.29, 1.82) is 0 Å². The van der Waals surface area contributed by atoms with Crippen molar-refractivity contribution < 1.29 is 4.79 Å².